The average molecular weight is 452 g/mol. The number of likely N-dealkylation sites (tertiary alicyclic amines) is 1. The van der Waals surface area contributed by atoms with Gasteiger partial charge < -0.3 is 14.7 Å². The molecular weight excluding hydrogens is 422 g/mol. The minimum Gasteiger partial charge on any atom is -0.458 e. The van der Waals surface area contributed by atoms with Crippen LogP contribution in [-0.2, 0) is 20.9 Å². The highest BCUT2D eigenvalue weighted by molar-refractivity contribution is 5.89. The number of hydrogen-bond acceptors (Lipinski definition) is 6. The Morgan fingerprint density at radius 2 is 1.79 bits per heavy atom. The molecule has 1 unspecified atom stereocenters. The molecule has 1 aliphatic heterocycles. The molecule has 7 rings (SSSR count). The number of rotatable bonds is 4. The lowest BCUT2D eigenvalue weighted by molar-refractivity contribution is -0.166. The van der Waals surface area contributed by atoms with Crippen LogP contribution in [0.5, 0.6) is 0 Å². The van der Waals surface area contributed by atoms with Gasteiger partial charge in [-0.2, -0.15) is 0 Å². The van der Waals surface area contributed by atoms with Crippen LogP contribution < -0.4 is 5.56 Å². The smallest absolute Gasteiger partial charge is 0.329 e. The van der Waals surface area contributed by atoms with E-state index in [4.69, 9.17) is 4.74 Å². The van der Waals surface area contributed by atoms with Crippen LogP contribution in [0.3, 0.4) is 0 Å². The molecule has 0 spiro atoms. The van der Waals surface area contributed by atoms with Gasteiger partial charge in [0, 0.05) is 25.2 Å². The van der Waals surface area contributed by atoms with Gasteiger partial charge in [0.05, 0.1) is 17.2 Å². The molecule has 8 heteroatoms. The van der Waals surface area contributed by atoms with Crippen LogP contribution in [0.1, 0.15) is 50.6 Å². The SMILES string of the molecule is O=C(OCc1cc(=O)n2ccccc2n1)[C@@H]1CC(O)CN1C(=O)C12CC3CC(CC(C3)C1)C2. The third-order valence-corrected chi connectivity index (χ3v) is 8.29. The van der Waals surface area contributed by atoms with E-state index in [1.165, 1.54) is 29.7 Å². The summed E-state index contributed by atoms with van der Waals surface area (Å²) in [7, 11) is 0. The molecule has 0 aromatic carbocycles. The van der Waals surface area contributed by atoms with Crippen molar-refractivity contribution >= 4 is 17.5 Å². The molecule has 2 aromatic heterocycles. The van der Waals surface area contributed by atoms with Gasteiger partial charge in [-0.25, -0.2) is 9.78 Å². The normalized spacial score (nSPS) is 34.7. The zero-order valence-corrected chi connectivity index (χ0v) is 18.6. The van der Waals surface area contributed by atoms with Gasteiger partial charge in [-0.1, -0.05) is 6.07 Å². The van der Waals surface area contributed by atoms with Crippen molar-refractivity contribution < 1.29 is 19.4 Å². The molecule has 1 N–H and O–H groups in total. The molecule has 4 bridgehead atoms. The molecular formula is C25H29N3O5. The number of carbonyl (C=O) groups is 2. The lowest BCUT2D eigenvalue weighted by Crippen LogP contribution is -2.56. The molecule has 3 heterocycles. The summed E-state index contributed by atoms with van der Waals surface area (Å²) in [6.45, 7) is 0.0291. The third-order valence-electron chi connectivity index (χ3n) is 8.29. The second-order valence-electron chi connectivity index (χ2n) is 10.7. The number of nitrogens with zero attached hydrogens (tertiary/aromatic N) is 3. The third kappa shape index (κ3) is 3.55. The number of pyridine rings is 1. The monoisotopic (exact) mass is 451 g/mol. The fraction of sp³-hybridized carbons (Fsp3) is 0.600. The zero-order chi connectivity index (χ0) is 22.7. The van der Waals surface area contributed by atoms with E-state index in [2.05, 4.69) is 4.98 Å². The number of hydrogen-bond donors (Lipinski definition) is 1. The number of aliphatic hydroxyl groups is 1. The fourth-order valence-electron chi connectivity index (χ4n) is 7.36. The number of aliphatic hydroxyl groups excluding tert-OH is 1. The summed E-state index contributed by atoms with van der Waals surface area (Å²) in [6.07, 6.45) is 7.53. The number of carbonyl (C=O) groups excluding carboxylic acids is 2. The van der Waals surface area contributed by atoms with Crippen molar-refractivity contribution in [3.63, 3.8) is 0 Å². The van der Waals surface area contributed by atoms with Crippen molar-refractivity contribution in [3.8, 4) is 0 Å². The summed E-state index contributed by atoms with van der Waals surface area (Å²) < 4.78 is 6.93. The molecule has 33 heavy (non-hydrogen) atoms. The summed E-state index contributed by atoms with van der Waals surface area (Å²) in [5.74, 6) is 1.35. The van der Waals surface area contributed by atoms with Crippen molar-refractivity contribution in [2.75, 3.05) is 6.54 Å². The number of β-amino-alcohol motifs (C(OH)–C–C–N with tert-alkyl or cyclic N) is 1. The number of esters is 1. The van der Waals surface area contributed by atoms with E-state index in [-0.39, 0.29) is 36.5 Å². The quantitative estimate of drug-likeness (QED) is 0.713. The molecule has 174 valence electrons. The van der Waals surface area contributed by atoms with E-state index in [9.17, 15) is 19.5 Å². The molecule has 5 fully saturated rings. The lowest BCUT2D eigenvalue weighted by Gasteiger charge is -2.56. The topological polar surface area (TPSA) is 101 Å². The van der Waals surface area contributed by atoms with Crippen molar-refractivity contribution in [1.29, 1.82) is 0 Å². The van der Waals surface area contributed by atoms with Crippen LogP contribution in [0.25, 0.3) is 5.65 Å². The van der Waals surface area contributed by atoms with Crippen LogP contribution in [0.15, 0.2) is 35.3 Å². The van der Waals surface area contributed by atoms with Crippen LogP contribution >= 0.6 is 0 Å². The minimum absolute atomic E-state index is 0.0298. The van der Waals surface area contributed by atoms with Crippen molar-refractivity contribution in [2.45, 2.75) is 63.7 Å². The Kier molecular flexibility index (Phi) is 4.83. The van der Waals surface area contributed by atoms with E-state index >= 15 is 0 Å². The van der Waals surface area contributed by atoms with E-state index in [0.717, 1.165) is 19.3 Å². The fourth-order valence-corrected chi connectivity index (χ4v) is 7.36. The Balaban J connectivity index is 1.18. The number of ether oxygens (including phenoxy) is 1. The number of aromatic nitrogens is 2. The predicted molar refractivity (Wildman–Crippen MR) is 118 cm³/mol. The molecule has 1 amide bonds. The van der Waals surface area contributed by atoms with Crippen LogP contribution in [-0.4, -0.2) is 50.0 Å². The highest BCUT2D eigenvalue weighted by atomic mass is 16.5. The van der Waals surface area contributed by atoms with Crippen molar-refractivity contribution in [3.05, 3.63) is 46.5 Å². The van der Waals surface area contributed by atoms with Crippen molar-refractivity contribution in [1.82, 2.24) is 14.3 Å². The van der Waals surface area contributed by atoms with Gasteiger partial charge in [0.1, 0.15) is 18.3 Å². The summed E-state index contributed by atoms with van der Waals surface area (Å²) in [5.41, 5.74) is 0.218. The van der Waals surface area contributed by atoms with Gasteiger partial charge in [0.2, 0.25) is 5.91 Å². The zero-order valence-electron chi connectivity index (χ0n) is 18.6. The van der Waals surface area contributed by atoms with E-state index in [0.29, 0.717) is 29.1 Å². The second kappa shape index (κ2) is 7.65. The van der Waals surface area contributed by atoms with Crippen LogP contribution in [0, 0.1) is 23.2 Å². The Morgan fingerprint density at radius 3 is 2.48 bits per heavy atom. The first-order valence-corrected chi connectivity index (χ1v) is 12.0. The average Bonchev–Trinajstić information content (AvgIpc) is 3.17. The first-order valence-electron chi connectivity index (χ1n) is 12.0. The maximum atomic E-state index is 13.8. The first-order chi connectivity index (χ1) is 15.9. The highest BCUT2D eigenvalue weighted by Crippen LogP contribution is 2.60. The van der Waals surface area contributed by atoms with E-state index in [1.807, 2.05) is 0 Å². The highest BCUT2D eigenvalue weighted by Gasteiger charge is 2.57. The standard InChI is InChI=1S/C25H29N3O5/c29-19-9-20(23(31)33-14-18-8-22(30)27-4-2-1-3-21(27)26-18)28(13-19)24(32)25-10-15-5-16(11-25)7-17(6-15)12-25/h1-4,8,15-17,19-20,29H,5-7,9-14H2/t15?,16?,17?,19?,20-,25?/m0/s1. The summed E-state index contributed by atoms with van der Waals surface area (Å²) in [6, 6.07) is 5.80. The maximum Gasteiger partial charge on any atom is 0.329 e. The van der Waals surface area contributed by atoms with Gasteiger partial charge in [-0.15, -0.1) is 0 Å². The van der Waals surface area contributed by atoms with E-state index < -0.39 is 18.1 Å². The molecule has 2 atom stereocenters. The molecule has 0 radical (unpaired) electrons. The molecule has 2 aromatic rings. The predicted octanol–water partition coefficient (Wildman–Crippen LogP) is 1.92. The Bertz CT molecular complexity index is 1140. The van der Waals surface area contributed by atoms with Gasteiger partial charge in [-0.05, 0) is 68.4 Å². The molecule has 4 aliphatic carbocycles. The Morgan fingerprint density at radius 1 is 1.09 bits per heavy atom. The minimum atomic E-state index is -0.790. The Labute approximate surface area is 191 Å². The molecule has 1 saturated heterocycles. The number of amides is 1. The van der Waals surface area contributed by atoms with Crippen LogP contribution in [0.4, 0.5) is 0 Å². The second-order valence-corrected chi connectivity index (χ2v) is 10.7. The molecule has 8 nitrogen and oxygen atoms in total. The summed E-state index contributed by atoms with van der Waals surface area (Å²) in [5, 5.41) is 10.3. The van der Waals surface area contributed by atoms with Crippen molar-refractivity contribution in [2.24, 2.45) is 23.2 Å². The van der Waals surface area contributed by atoms with Gasteiger partial charge in [0.25, 0.3) is 5.56 Å². The van der Waals surface area contributed by atoms with E-state index in [1.54, 1.807) is 29.3 Å². The first kappa shape index (κ1) is 20.8. The van der Waals surface area contributed by atoms with Gasteiger partial charge >= 0.3 is 5.97 Å². The largest absolute Gasteiger partial charge is 0.458 e. The lowest BCUT2D eigenvalue weighted by atomic mass is 9.49. The molecule has 5 aliphatic rings. The van der Waals surface area contributed by atoms with Crippen LogP contribution in [0.2, 0.25) is 0 Å². The van der Waals surface area contributed by atoms with Gasteiger partial charge in [-0.3, -0.25) is 14.0 Å². The molecule has 4 saturated carbocycles. The summed E-state index contributed by atoms with van der Waals surface area (Å²) in [4.78, 5) is 45.1. The summed E-state index contributed by atoms with van der Waals surface area (Å²) >= 11 is 0. The Hall–Kier alpha value is -2.74. The maximum absolute atomic E-state index is 13.8. The number of fused-ring (bicyclic) bond motifs is 1. The van der Waals surface area contributed by atoms with Gasteiger partial charge in [0.15, 0.2) is 0 Å².